The van der Waals surface area contributed by atoms with E-state index in [1.165, 1.54) is 18.4 Å². The maximum absolute atomic E-state index is 12.9. The molecule has 2 heterocycles. The van der Waals surface area contributed by atoms with Crippen molar-refractivity contribution in [3.63, 3.8) is 0 Å². The van der Waals surface area contributed by atoms with Crippen LogP contribution in [0.25, 0.3) is 0 Å². The summed E-state index contributed by atoms with van der Waals surface area (Å²) in [5, 5.41) is 0. The average molecular weight is 351 g/mol. The fourth-order valence-electron chi connectivity index (χ4n) is 3.57. The van der Waals surface area contributed by atoms with Gasteiger partial charge in [0, 0.05) is 32.9 Å². The number of benzene rings is 1. The summed E-state index contributed by atoms with van der Waals surface area (Å²) in [6.07, 6.45) is 2.69. The van der Waals surface area contributed by atoms with E-state index in [2.05, 4.69) is 11.9 Å². The molecule has 2 aliphatic heterocycles. The maximum Gasteiger partial charge on any atom is 0.242 e. The largest absolute Gasteiger partial charge is 0.312 e. The Balaban J connectivity index is 1.84. The second kappa shape index (κ2) is 6.46. The average Bonchev–Trinajstić information content (AvgIpc) is 2.97. The van der Waals surface area contributed by atoms with E-state index >= 15 is 0 Å². The first-order valence-electron chi connectivity index (χ1n) is 8.36. The van der Waals surface area contributed by atoms with Crippen LogP contribution in [0.5, 0.6) is 0 Å². The van der Waals surface area contributed by atoms with Crippen LogP contribution in [0, 0.1) is 5.92 Å². The standard InChI is InChI=1S/C17H25N3O3S/c1-18(2)24(22,23)15-6-7-16-13(11-15)8-10-20(16)17(21)14-5-4-9-19(3)12-14/h6-7,11,14H,4-5,8-10,12H2,1-3H3/t14-/m1/s1. The third kappa shape index (κ3) is 3.08. The molecule has 1 aromatic carbocycles. The molecule has 0 N–H and O–H groups in total. The van der Waals surface area contributed by atoms with Gasteiger partial charge in [0.25, 0.3) is 0 Å². The lowest BCUT2D eigenvalue weighted by molar-refractivity contribution is -0.123. The van der Waals surface area contributed by atoms with Crippen molar-refractivity contribution in [1.82, 2.24) is 9.21 Å². The number of hydrogen-bond acceptors (Lipinski definition) is 4. The lowest BCUT2D eigenvalue weighted by atomic mass is 9.97. The predicted octanol–water partition coefficient (Wildman–Crippen LogP) is 1.17. The molecular formula is C17H25N3O3S. The molecule has 1 saturated heterocycles. The Morgan fingerprint density at radius 1 is 1.25 bits per heavy atom. The first-order valence-corrected chi connectivity index (χ1v) is 9.80. The Morgan fingerprint density at radius 3 is 2.67 bits per heavy atom. The minimum Gasteiger partial charge on any atom is -0.312 e. The first kappa shape index (κ1) is 17.4. The zero-order chi connectivity index (χ0) is 17.5. The summed E-state index contributed by atoms with van der Waals surface area (Å²) in [6.45, 7) is 2.49. The summed E-state index contributed by atoms with van der Waals surface area (Å²) < 4.78 is 25.8. The van der Waals surface area contributed by atoms with E-state index in [-0.39, 0.29) is 16.7 Å². The minimum absolute atomic E-state index is 0.0416. The molecule has 132 valence electrons. The van der Waals surface area contributed by atoms with E-state index in [4.69, 9.17) is 0 Å². The van der Waals surface area contributed by atoms with Gasteiger partial charge < -0.3 is 9.80 Å². The van der Waals surface area contributed by atoms with Crippen molar-refractivity contribution in [2.45, 2.75) is 24.2 Å². The Morgan fingerprint density at radius 2 is 2.00 bits per heavy atom. The second-order valence-corrected chi connectivity index (χ2v) is 9.07. The van der Waals surface area contributed by atoms with E-state index in [1.54, 1.807) is 18.2 Å². The zero-order valence-corrected chi connectivity index (χ0v) is 15.3. The number of carbonyl (C=O) groups is 1. The molecule has 0 aliphatic carbocycles. The fraction of sp³-hybridized carbons (Fsp3) is 0.588. The van der Waals surface area contributed by atoms with Gasteiger partial charge in [0.2, 0.25) is 15.9 Å². The van der Waals surface area contributed by atoms with Crippen LogP contribution in [0.3, 0.4) is 0 Å². The third-order valence-corrected chi connectivity index (χ3v) is 6.78. The predicted molar refractivity (Wildman–Crippen MR) is 93.6 cm³/mol. The molecule has 0 aromatic heterocycles. The van der Waals surface area contributed by atoms with E-state index in [1.807, 2.05) is 4.90 Å². The lowest BCUT2D eigenvalue weighted by Gasteiger charge is -2.31. The molecular weight excluding hydrogens is 326 g/mol. The Kier molecular flexibility index (Phi) is 4.68. The van der Waals surface area contributed by atoms with Crippen molar-refractivity contribution in [2.75, 3.05) is 45.7 Å². The maximum atomic E-state index is 12.9. The molecule has 0 bridgehead atoms. The Labute approximate surface area is 144 Å². The van der Waals surface area contributed by atoms with Crippen LogP contribution in [-0.2, 0) is 21.2 Å². The van der Waals surface area contributed by atoms with Crippen molar-refractivity contribution in [1.29, 1.82) is 0 Å². The Bertz CT molecular complexity index is 745. The number of anilines is 1. The number of rotatable bonds is 3. The van der Waals surface area contributed by atoms with Gasteiger partial charge in [-0.25, -0.2) is 12.7 Å². The van der Waals surface area contributed by atoms with Crippen LogP contribution in [-0.4, -0.2) is 64.3 Å². The van der Waals surface area contributed by atoms with Crippen LogP contribution in [0.4, 0.5) is 5.69 Å². The van der Waals surface area contributed by atoms with Gasteiger partial charge in [-0.15, -0.1) is 0 Å². The molecule has 0 saturated carbocycles. The molecule has 7 heteroatoms. The molecule has 0 radical (unpaired) electrons. The second-order valence-electron chi connectivity index (χ2n) is 6.92. The first-order chi connectivity index (χ1) is 11.3. The van der Waals surface area contributed by atoms with Gasteiger partial charge in [0.05, 0.1) is 10.8 Å². The lowest BCUT2D eigenvalue weighted by Crippen LogP contribution is -2.43. The number of fused-ring (bicyclic) bond motifs is 1. The number of piperidine rings is 1. The number of sulfonamides is 1. The molecule has 0 spiro atoms. The van der Waals surface area contributed by atoms with Gasteiger partial charge in [-0.3, -0.25) is 4.79 Å². The number of hydrogen-bond donors (Lipinski definition) is 0. The topological polar surface area (TPSA) is 60.9 Å². The van der Waals surface area contributed by atoms with E-state index < -0.39 is 10.0 Å². The van der Waals surface area contributed by atoms with E-state index in [0.717, 1.165) is 37.2 Å². The SMILES string of the molecule is CN1CCC[C@@H](C(=O)N2CCc3cc(S(=O)(=O)N(C)C)ccc32)C1. The zero-order valence-electron chi connectivity index (χ0n) is 14.5. The molecule has 1 atom stereocenters. The summed E-state index contributed by atoms with van der Waals surface area (Å²) in [7, 11) is 1.66. The smallest absolute Gasteiger partial charge is 0.242 e. The van der Waals surface area contributed by atoms with Gasteiger partial charge in [0.15, 0.2) is 0 Å². The van der Waals surface area contributed by atoms with Crippen LogP contribution < -0.4 is 4.90 Å². The van der Waals surface area contributed by atoms with Crippen LogP contribution in [0.2, 0.25) is 0 Å². The van der Waals surface area contributed by atoms with Crippen LogP contribution in [0.1, 0.15) is 18.4 Å². The highest BCUT2D eigenvalue weighted by molar-refractivity contribution is 7.89. The summed E-state index contributed by atoms with van der Waals surface area (Å²) in [6, 6.07) is 5.10. The molecule has 1 fully saturated rings. The highest BCUT2D eigenvalue weighted by atomic mass is 32.2. The van der Waals surface area contributed by atoms with Crippen LogP contribution in [0.15, 0.2) is 23.1 Å². The number of likely N-dealkylation sites (tertiary alicyclic amines) is 1. The van der Waals surface area contributed by atoms with Gasteiger partial charge in [-0.05, 0) is 56.6 Å². The molecule has 0 unspecified atom stereocenters. The van der Waals surface area contributed by atoms with Gasteiger partial charge in [0.1, 0.15) is 0 Å². The molecule has 1 aromatic rings. The summed E-state index contributed by atoms with van der Waals surface area (Å²) >= 11 is 0. The number of amides is 1. The summed E-state index contributed by atoms with van der Waals surface area (Å²) in [4.78, 5) is 17.2. The molecule has 6 nitrogen and oxygen atoms in total. The third-order valence-electron chi connectivity index (χ3n) is 4.96. The monoisotopic (exact) mass is 351 g/mol. The van der Waals surface area contributed by atoms with Crippen molar-refractivity contribution in [3.8, 4) is 0 Å². The van der Waals surface area contributed by atoms with Gasteiger partial charge in [-0.1, -0.05) is 0 Å². The van der Waals surface area contributed by atoms with E-state index in [0.29, 0.717) is 13.0 Å². The Hall–Kier alpha value is -1.44. The highest BCUT2D eigenvalue weighted by Gasteiger charge is 2.33. The van der Waals surface area contributed by atoms with Crippen LogP contribution >= 0.6 is 0 Å². The summed E-state index contributed by atoms with van der Waals surface area (Å²) in [5.41, 5.74) is 1.81. The van der Waals surface area contributed by atoms with Gasteiger partial charge >= 0.3 is 0 Å². The molecule has 1 amide bonds. The van der Waals surface area contributed by atoms with E-state index in [9.17, 15) is 13.2 Å². The minimum atomic E-state index is -3.44. The quantitative estimate of drug-likeness (QED) is 0.820. The van der Waals surface area contributed by atoms with Gasteiger partial charge in [-0.2, -0.15) is 0 Å². The number of nitrogens with zero attached hydrogens (tertiary/aromatic N) is 3. The van der Waals surface area contributed by atoms with Crippen molar-refractivity contribution in [3.05, 3.63) is 23.8 Å². The molecule has 2 aliphatic rings. The highest BCUT2D eigenvalue weighted by Crippen LogP contribution is 2.33. The molecule has 3 rings (SSSR count). The van der Waals surface area contributed by atoms with Crippen molar-refractivity contribution < 1.29 is 13.2 Å². The number of carbonyl (C=O) groups excluding carboxylic acids is 1. The van der Waals surface area contributed by atoms with Crippen molar-refractivity contribution in [2.24, 2.45) is 5.92 Å². The molecule has 24 heavy (non-hydrogen) atoms. The summed E-state index contributed by atoms with van der Waals surface area (Å²) in [5.74, 6) is 0.211. The van der Waals surface area contributed by atoms with Crippen molar-refractivity contribution >= 4 is 21.6 Å². The normalized spacial score (nSPS) is 22.0. The fourth-order valence-corrected chi connectivity index (χ4v) is 4.52.